The number of nitrogens with zero attached hydrogens (tertiary/aromatic N) is 1. The van der Waals surface area contributed by atoms with E-state index in [9.17, 15) is 0 Å². The number of rotatable bonds is 6. The Bertz CT molecular complexity index is 124. The minimum atomic E-state index is 0.304. The van der Waals surface area contributed by atoms with Crippen LogP contribution in [0.5, 0.6) is 0 Å². The third kappa shape index (κ3) is 4.84. The van der Waals surface area contributed by atoms with E-state index in [4.69, 9.17) is 11.6 Å². The van der Waals surface area contributed by atoms with Gasteiger partial charge in [-0.25, -0.2) is 0 Å². The highest BCUT2D eigenvalue weighted by Gasteiger charge is 2.10. The minimum Gasteiger partial charge on any atom is -0.314 e. The molecule has 78 valence electrons. The zero-order valence-electron chi connectivity index (χ0n) is 8.56. The predicted octanol–water partition coefficient (Wildman–Crippen LogP) is 1.69. The van der Waals surface area contributed by atoms with Gasteiger partial charge in [-0.1, -0.05) is 6.92 Å². The van der Waals surface area contributed by atoms with Crippen LogP contribution in [-0.2, 0) is 0 Å². The number of hydrogen-bond acceptors (Lipinski definition) is 2. The van der Waals surface area contributed by atoms with E-state index in [0.29, 0.717) is 5.38 Å². The molecule has 1 aliphatic rings. The summed E-state index contributed by atoms with van der Waals surface area (Å²) >= 11 is 5.98. The molecule has 1 heterocycles. The van der Waals surface area contributed by atoms with Crippen molar-refractivity contribution in [1.82, 2.24) is 10.2 Å². The maximum Gasteiger partial charge on any atom is 0.0458 e. The lowest BCUT2D eigenvalue weighted by atomic mass is 10.3. The number of alkyl halides is 1. The van der Waals surface area contributed by atoms with Crippen LogP contribution < -0.4 is 5.32 Å². The summed E-state index contributed by atoms with van der Waals surface area (Å²) in [5.74, 6) is 0. The fourth-order valence-electron chi connectivity index (χ4n) is 1.65. The van der Waals surface area contributed by atoms with Gasteiger partial charge in [0.2, 0.25) is 0 Å². The zero-order chi connectivity index (χ0) is 9.52. The van der Waals surface area contributed by atoms with Gasteiger partial charge in [0.05, 0.1) is 0 Å². The van der Waals surface area contributed by atoms with E-state index in [1.807, 2.05) is 0 Å². The van der Waals surface area contributed by atoms with E-state index in [-0.39, 0.29) is 0 Å². The highest BCUT2D eigenvalue weighted by atomic mass is 35.5. The van der Waals surface area contributed by atoms with Crippen molar-refractivity contribution in [3.63, 3.8) is 0 Å². The normalized spacial score (nSPS) is 20.8. The molecule has 1 unspecified atom stereocenters. The van der Waals surface area contributed by atoms with Crippen LogP contribution in [0.1, 0.15) is 26.2 Å². The van der Waals surface area contributed by atoms with Gasteiger partial charge in [-0.15, -0.1) is 11.6 Å². The van der Waals surface area contributed by atoms with Gasteiger partial charge in [0, 0.05) is 25.0 Å². The molecule has 1 atom stereocenters. The molecule has 2 nitrogen and oxygen atoms in total. The van der Waals surface area contributed by atoms with Gasteiger partial charge in [0.1, 0.15) is 0 Å². The Kier molecular flexibility index (Phi) is 5.76. The SMILES string of the molecule is CCC(Cl)CNCCN1CCCC1. The van der Waals surface area contributed by atoms with Crippen LogP contribution >= 0.6 is 11.6 Å². The Morgan fingerprint density at radius 1 is 1.38 bits per heavy atom. The second-order valence-corrected chi connectivity index (χ2v) is 4.38. The van der Waals surface area contributed by atoms with Crippen LogP contribution in [0.3, 0.4) is 0 Å². The van der Waals surface area contributed by atoms with Crippen LogP contribution in [0, 0.1) is 0 Å². The van der Waals surface area contributed by atoms with Gasteiger partial charge in [0.25, 0.3) is 0 Å². The maximum absolute atomic E-state index is 5.98. The van der Waals surface area contributed by atoms with E-state index in [0.717, 1.165) is 19.5 Å². The predicted molar refractivity (Wildman–Crippen MR) is 58.5 cm³/mol. The van der Waals surface area contributed by atoms with E-state index in [2.05, 4.69) is 17.1 Å². The van der Waals surface area contributed by atoms with Crippen molar-refractivity contribution >= 4 is 11.6 Å². The number of halogens is 1. The molecule has 1 aliphatic heterocycles. The summed E-state index contributed by atoms with van der Waals surface area (Å²) in [6, 6.07) is 0. The van der Waals surface area contributed by atoms with Gasteiger partial charge in [0.15, 0.2) is 0 Å². The molecule has 0 radical (unpaired) electrons. The molecule has 1 N–H and O–H groups in total. The van der Waals surface area contributed by atoms with E-state index < -0.39 is 0 Å². The monoisotopic (exact) mass is 204 g/mol. The molecule has 0 spiro atoms. The van der Waals surface area contributed by atoms with Crippen molar-refractivity contribution in [3.05, 3.63) is 0 Å². The standard InChI is InChI=1S/C10H21ClN2/c1-2-10(11)9-12-5-8-13-6-3-4-7-13/h10,12H,2-9H2,1H3. The van der Waals surface area contributed by atoms with E-state index in [1.54, 1.807) is 0 Å². The first kappa shape index (κ1) is 11.3. The van der Waals surface area contributed by atoms with Crippen molar-refractivity contribution in [3.8, 4) is 0 Å². The Morgan fingerprint density at radius 2 is 2.08 bits per heavy atom. The Balaban J connectivity index is 1.88. The first-order chi connectivity index (χ1) is 6.33. The lowest BCUT2D eigenvalue weighted by Gasteiger charge is -2.15. The molecule has 1 saturated heterocycles. The van der Waals surface area contributed by atoms with Gasteiger partial charge in [-0.2, -0.15) is 0 Å². The van der Waals surface area contributed by atoms with Crippen LogP contribution in [0.4, 0.5) is 0 Å². The fourth-order valence-corrected chi connectivity index (χ4v) is 1.76. The first-order valence-corrected chi connectivity index (χ1v) is 5.83. The summed E-state index contributed by atoms with van der Waals surface area (Å²) in [5, 5.41) is 3.69. The third-order valence-corrected chi connectivity index (χ3v) is 3.08. The molecule has 0 aromatic carbocycles. The van der Waals surface area contributed by atoms with Gasteiger partial charge in [-0.05, 0) is 32.4 Å². The lowest BCUT2D eigenvalue weighted by molar-refractivity contribution is 0.336. The minimum absolute atomic E-state index is 0.304. The van der Waals surface area contributed by atoms with Crippen molar-refractivity contribution in [2.24, 2.45) is 0 Å². The highest BCUT2D eigenvalue weighted by molar-refractivity contribution is 6.20. The first-order valence-electron chi connectivity index (χ1n) is 5.40. The van der Waals surface area contributed by atoms with Crippen molar-refractivity contribution < 1.29 is 0 Å². The van der Waals surface area contributed by atoms with Crippen molar-refractivity contribution in [1.29, 1.82) is 0 Å². The number of hydrogen-bond donors (Lipinski definition) is 1. The molecule has 0 aliphatic carbocycles. The molecule has 0 saturated carbocycles. The van der Waals surface area contributed by atoms with Crippen LogP contribution in [0.2, 0.25) is 0 Å². The molecule has 0 amide bonds. The molecule has 0 aromatic rings. The quantitative estimate of drug-likeness (QED) is 0.524. The smallest absolute Gasteiger partial charge is 0.0458 e. The van der Waals surface area contributed by atoms with Gasteiger partial charge < -0.3 is 10.2 Å². The van der Waals surface area contributed by atoms with Crippen LogP contribution in [0.25, 0.3) is 0 Å². The molecule has 3 heteroatoms. The number of likely N-dealkylation sites (tertiary alicyclic amines) is 1. The Morgan fingerprint density at radius 3 is 2.69 bits per heavy atom. The van der Waals surface area contributed by atoms with Crippen molar-refractivity contribution in [2.45, 2.75) is 31.6 Å². The van der Waals surface area contributed by atoms with Crippen LogP contribution in [-0.4, -0.2) is 43.0 Å². The summed E-state index contributed by atoms with van der Waals surface area (Å²) < 4.78 is 0. The van der Waals surface area contributed by atoms with Gasteiger partial charge >= 0.3 is 0 Å². The molecule has 1 rings (SSSR count). The largest absolute Gasteiger partial charge is 0.314 e. The summed E-state index contributed by atoms with van der Waals surface area (Å²) in [7, 11) is 0. The summed E-state index contributed by atoms with van der Waals surface area (Å²) in [6.07, 6.45) is 3.82. The van der Waals surface area contributed by atoms with E-state index in [1.165, 1.54) is 32.5 Å². The van der Waals surface area contributed by atoms with Crippen molar-refractivity contribution in [2.75, 3.05) is 32.7 Å². The summed E-state index contributed by atoms with van der Waals surface area (Å²) in [5.41, 5.74) is 0. The molecular formula is C10H21ClN2. The highest BCUT2D eigenvalue weighted by Crippen LogP contribution is 2.05. The molecule has 1 fully saturated rings. The van der Waals surface area contributed by atoms with Crippen LogP contribution in [0.15, 0.2) is 0 Å². The zero-order valence-corrected chi connectivity index (χ0v) is 9.32. The van der Waals surface area contributed by atoms with E-state index >= 15 is 0 Å². The molecular weight excluding hydrogens is 184 g/mol. The molecule has 13 heavy (non-hydrogen) atoms. The second-order valence-electron chi connectivity index (χ2n) is 3.76. The molecule has 0 bridgehead atoms. The average molecular weight is 205 g/mol. The Labute approximate surface area is 86.6 Å². The topological polar surface area (TPSA) is 15.3 Å². The summed E-state index contributed by atoms with van der Waals surface area (Å²) in [4.78, 5) is 2.52. The average Bonchev–Trinajstić information content (AvgIpc) is 2.64. The third-order valence-electron chi connectivity index (χ3n) is 2.61. The lowest BCUT2D eigenvalue weighted by Crippen LogP contribution is -2.32. The maximum atomic E-state index is 5.98. The second kappa shape index (κ2) is 6.63. The summed E-state index contributed by atoms with van der Waals surface area (Å²) in [6.45, 7) is 7.93. The fraction of sp³-hybridized carbons (Fsp3) is 1.00. The number of nitrogens with one attached hydrogen (secondary N) is 1. The van der Waals surface area contributed by atoms with Gasteiger partial charge in [-0.3, -0.25) is 0 Å². The molecule has 0 aromatic heterocycles. The Hall–Kier alpha value is 0.210.